The Balaban J connectivity index is 2.87. The van der Waals surface area contributed by atoms with Crippen LogP contribution in [0.15, 0.2) is 23.8 Å². The van der Waals surface area contributed by atoms with Gasteiger partial charge in [-0.2, -0.15) is 0 Å². The van der Waals surface area contributed by atoms with Gasteiger partial charge in [0, 0.05) is 12.0 Å². The minimum atomic E-state index is -0.794. The molecule has 1 aliphatic rings. The van der Waals surface area contributed by atoms with Gasteiger partial charge in [-0.1, -0.05) is 6.08 Å². The summed E-state index contributed by atoms with van der Waals surface area (Å²) < 4.78 is 0. The zero-order valence-electron chi connectivity index (χ0n) is 6.59. The van der Waals surface area contributed by atoms with E-state index in [-0.39, 0.29) is 12.2 Å². The Hall–Kier alpha value is -0.890. The van der Waals surface area contributed by atoms with Crippen LogP contribution in [0.3, 0.4) is 0 Å². The Morgan fingerprint density at radius 2 is 2.36 bits per heavy atom. The molecule has 1 rings (SSSR count). The van der Waals surface area contributed by atoms with Crippen LogP contribution in [-0.2, 0) is 9.90 Å². The normalized spacial score (nSPS) is 24.5. The highest BCUT2D eigenvalue weighted by Crippen LogP contribution is 2.25. The van der Waals surface area contributed by atoms with Crippen LogP contribution in [0, 0.1) is 0 Å². The number of carbonyl (C=O) groups excluding carboxylic acids is 1. The van der Waals surface area contributed by atoms with E-state index in [0.29, 0.717) is 17.6 Å². The van der Waals surface area contributed by atoms with Crippen LogP contribution in [0.25, 0.3) is 0 Å². The highest BCUT2D eigenvalue weighted by Gasteiger charge is 2.27. The van der Waals surface area contributed by atoms with Gasteiger partial charge in [-0.25, -0.2) is 5.11 Å². The van der Waals surface area contributed by atoms with Gasteiger partial charge < -0.3 is 0 Å². The second kappa shape index (κ2) is 3.01. The van der Waals surface area contributed by atoms with E-state index in [0.717, 1.165) is 0 Å². The van der Waals surface area contributed by atoms with E-state index >= 15 is 0 Å². The van der Waals surface area contributed by atoms with Crippen molar-refractivity contribution in [3.63, 3.8) is 0 Å². The molecule has 0 heterocycles. The molecule has 0 saturated carbocycles. The fourth-order valence-electron chi connectivity index (χ4n) is 1.28. The number of allylic oxidation sites excluding steroid dienone is 2. The Labute approximate surface area is 66.2 Å². The molecule has 1 atom stereocenters. The van der Waals surface area contributed by atoms with Gasteiger partial charge in [0.1, 0.15) is 6.10 Å². The van der Waals surface area contributed by atoms with Crippen molar-refractivity contribution in [2.24, 2.45) is 0 Å². The third kappa shape index (κ3) is 1.40. The summed E-state index contributed by atoms with van der Waals surface area (Å²) in [6.07, 6.45) is 1.56. The Kier molecular flexibility index (Phi) is 2.25. The third-order valence-electron chi connectivity index (χ3n) is 2.01. The zero-order chi connectivity index (χ0) is 8.43. The number of carbonyl (C=O) groups is 1. The second-order valence-corrected chi connectivity index (χ2v) is 2.77. The van der Waals surface area contributed by atoms with Crippen LogP contribution in [0.2, 0.25) is 0 Å². The summed E-state index contributed by atoms with van der Waals surface area (Å²) >= 11 is 0. The average Bonchev–Trinajstić information content (AvgIpc) is 2.17. The molecule has 1 radical (unpaired) electrons. The summed E-state index contributed by atoms with van der Waals surface area (Å²) in [4.78, 5) is 11.1. The largest absolute Gasteiger partial charge is 0.294 e. The van der Waals surface area contributed by atoms with Crippen molar-refractivity contribution in [1.82, 2.24) is 0 Å². The Morgan fingerprint density at radius 3 is 2.73 bits per heavy atom. The molecule has 0 bridgehead atoms. The minimum Gasteiger partial charge on any atom is -0.294 e. The fourth-order valence-corrected chi connectivity index (χ4v) is 1.28. The Morgan fingerprint density at radius 1 is 1.73 bits per heavy atom. The van der Waals surface area contributed by atoms with Crippen molar-refractivity contribution in [3.8, 4) is 0 Å². The zero-order valence-corrected chi connectivity index (χ0v) is 6.59. The predicted molar refractivity (Wildman–Crippen MR) is 41.6 cm³/mol. The molecule has 0 spiro atoms. The van der Waals surface area contributed by atoms with Crippen molar-refractivity contribution in [2.75, 3.05) is 0 Å². The summed E-state index contributed by atoms with van der Waals surface area (Å²) in [5.41, 5.74) is 1.38. The molecule has 0 aromatic rings. The molecule has 0 aromatic heterocycles. The first-order chi connectivity index (χ1) is 5.16. The van der Waals surface area contributed by atoms with Crippen molar-refractivity contribution in [1.29, 1.82) is 0 Å². The first-order valence-corrected chi connectivity index (χ1v) is 3.66. The molecule has 11 heavy (non-hydrogen) atoms. The van der Waals surface area contributed by atoms with Crippen LogP contribution < -0.4 is 0 Å². The minimum absolute atomic E-state index is 0.00222. The van der Waals surface area contributed by atoms with E-state index in [1.165, 1.54) is 0 Å². The second-order valence-electron chi connectivity index (χ2n) is 2.77. The van der Waals surface area contributed by atoms with Gasteiger partial charge in [-0.15, -0.1) is 6.58 Å². The lowest BCUT2D eigenvalue weighted by Gasteiger charge is -1.97. The van der Waals surface area contributed by atoms with Gasteiger partial charge in [-0.05, 0) is 18.9 Å². The highest BCUT2D eigenvalue weighted by atomic mass is 16.3. The van der Waals surface area contributed by atoms with Gasteiger partial charge in [0.25, 0.3) is 0 Å². The van der Waals surface area contributed by atoms with Gasteiger partial charge in [0.15, 0.2) is 5.78 Å². The molecule has 2 nitrogen and oxygen atoms in total. The predicted octanol–water partition coefficient (Wildman–Crippen LogP) is 1.65. The number of ketones is 1. The van der Waals surface area contributed by atoms with Crippen LogP contribution >= 0.6 is 0 Å². The molecule has 0 saturated heterocycles. The van der Waals surface area contributed by atoms with Crippen molar-refractivity contribution in [3.05, 3.63) is 23.8 Å². The molecule has 0 N–H and O–H groups in total. The standard InChI is InChI=1S/C9H11O2/c1-3-4-7-6(2)8(10)5-9(7)11/h3,8H,1,4-5H2,2H3/t8-/m1/s1. The van der Waals surface area contributed by atoms with E-state index in [1.54, 1.807) is 13.0 Å². The molecule has 0 aromatic carbocycles. The Bertz CT molecular complexity index is 226. The summed E-state index contributed by atoms with van der Waals surface area (Å²) in [7, 11) is 0. The summed E-state index contributed by atoms with van der Waals surface area (Å²) in [5.74, 6) is 0.00222. The molecule has 0 aliphatic heterocycles. The highest BCUT2D eigenvalue weighted by molar-refractivity contribution is 5.99. The topological polar surface area (TPSA) is 37.0 Å². The summed E-state index contributed by atoms with van der Waals surface area (Å²) in [5, 5.41) is 11.0. The number of Topliss-reactive ketones (excluding diaryl/α,β-unsaturated/α-hetero) is 1. The maximum absolute atomic E-state index is 11.1. The van der Waals surface area contributed by atoms with E-state index in [1.807, 2.05) is 0 Å². The van der Waals surface area contributed by atoms with Gasteiger partial charge in [0.2, 0.25) is 0 Å². The van der Waals surface area contributed by atoms with Crippen molar-refractivity contribution in [2.45, 2.75) is 25.9 Å². The van der Waals surface area contributed by atoms with Crippen molar-refractivity contribution < 1.29 is 9.90 Å². The first kappa shape index (κ1) is 8.21. The molecule has 59 valence electrons. The van der Waals surface area contributed by atoms with Crippen LogP contribution in [-0.4, -0.2) is 11.9 Å². The van der Waals surface area contributed by atoms with E-state index < -0.39 is 6.10 Å². The monoisotopic (exact) mass is 151 g/mol. The van der Waals surface area contributed by atoms with Gasteiger partial charge >= 0.3 is 0 Å². The summed E-state index contributed by atoms with van der Waals surface area (Å²) in [6.45, 7) is 5.27. The van der Waals surface area contributed by atoms with Crippen LogP contribution in [0.5, 0.6) is 0 Å². The molecule has 0 fully saturated rings. The fraction of sp³-hybridized carbons (Fsp3) is 0.444. The molecule has 2 heteroatoms. The maximum Gasteiger partial charge on any atom is 0.162 e. The molecule has 1 aliphatic carbocycles. The first-order valence-electron chi connectivity index (χ1n) is 3.66. The van der Waals surface area contributed by atoms with Gasteiger partial charge in [0.05, 0.1) is 0 Å². The third-order valence-corrected chi connectivity index (χ3v) is 2.01. The molecule has 0 amide bonds. The number of hydrogen-bond acceptors (Lipinski definition) is 1. The molecule has 0 unspecified atom stereocenters. The SMILES string of the molecule is C=CCC1=C(C)[C@H]([O])CC1=O. The van der Waals surface area contributed by atoms with Gasteiger partial charge in [-0.3, -0.25) is 4.79 Å². The lowest BCUT2D eigenvalue weighted by atomic mass is 10.1. The smallest absolute Gasteiger partial charge is 0.162 e. The van der Waals surface area contributed by atoms with Crippen LogP contribution in [0.4, 0.5) is 0 Å². The number of hydrogen-bond donors (Lipinski definition) is 0. The quantitative estimate of drug-likeness (QED) is 0.553. The van der Waals surface area contributed by atoms with E-state index in [2.05, 4.69) is 6.58 Å². The van der Waals surface area contributed by atoms with E-state index in [9.17, 15) is 9.90 Å². The van der Waals surface area contributed by atoms with E-state index in [4.69, 9.17) is 0 Å². The lowest BCUT2D eigenvalue weighted by molar-refractivity contribution is -0.116. The van der Waals surface area contributed by atoms with Crippen molar-refractivity contribution >= 4 is 5.78 Å². The molecular weight excluding hydrogens is 140 g/mol. The maximum atomic E-state index is 11.1. The molecular formula is C9H11O2. The van der Waals surface area contributed by atoms with Crippen LogP contribution in [0.1, 0.15) is 19.8 Å². The lowest BCUT2D eigenvalue weighted by Crippen LogP contribution is -2.01. The number of rotatable bonds is 2. The summed E-state index contributed by atoms with van der Waals surface area (Å²) in [6, 6.07) is 0. The average molecular weight is 151 g/mol.